The van der Waals surface area contributed by atoms with E-state index in [0.717, 1.165) is 18.2 Å². The zero-order valence-electron chi connectivity index (χ0n) is 30.5. The van der Waals surface area contributed by atoms with Gasteiger partial charge in [0.1, 0.15) is 38.2 Å². The highest BCUT2D eigenvalue weighted by Crippen LogP contribution is 2.32. The van der Waals surface area contributed by atoms with Crippen LogP contribution < -0.4 is 4.74 Å². The minimum absolute atomic E-state index is 0.00757. The normalized spacial score (nSPS) is 17.8. The molecule has 0 bridgehead atoms. The summed E-state index contributed by atoms with van der Waals surface area (Å²) in [6.45, 7) is 16.6. The number of aliphatic hydroxyl groups excluding tert-OH is 3. The van der Waals surface area contributed by atoms with Gasteiger partial charge in [0.2, 0.25) is 0 Å². The number of aliphatic hydroxyl groups is 3. The molecule has 0 unspecified atom stereocenters. The predicted molar refractivity (Wildman–Crippen MR) is 197 cm³/mol. The number of allylic oxidation sites excluding steroid dienone is 11. The minimum atomic E-state index is -4.20. The first-order valence-electron chi connectivity index (χ1n) is 16.5. The molecular weight excluding hydrogens is 694 g/mol. The van der Waals surface area contributed by atoms with Gasteiger partial charge >= 0.3 is 6.18 Å². The molecule has 0 saturated heterocycles. The molecular formula is C39H56F6O7. The van der Waals surface area contributed by atoms with Crippen molar-refractivity contribution < 1.29 is 61.0 Å². The van der Waals surface area contributed by atoms with Crippen LogP contribution in [0.25, 0.3) is 5.57 Å². The number of hydrogen-bond donors (Lipinski definition) is 3. The summed E-state index contributed by atoms with van der Waals surface area (Å²) in [5.74, 6) is -1.12. The van der Waals surface area contributed by atoms with Gasteiger partial charge in [-0.2, -0.15) is 18.1 Å². The van der Waals surface area contributed by atoms with E-state index in [1.807, 2.05) is 20.6 Å². The maximum absolute atomic E-state index is 15.6. The number of hydrogen-bond acceptors (Lipinski definition) is 7. The zero-order valence-corrected chi connectivity index (χ0v) is 30.5. The number of carbonyl (C=O) groups is 1. The van der Waals surface area contributed by atoms with Crippen LogP contribution in [0.5, 0.6) is 5.75 Å². The van der Waals surface area contributed by atoms with Gasteiger partial charge in [-0.1, -0.05) is 69.2 Å². The lowest BCUT2D eigenvalue weighted by Gasteiger charge is -2.14. The summed E-state index contributed by atoms with van der Waals surface area (Å²) < 4.78 is 88.5. The molecule has 0 spiro atoms. The number of ether oxygens (including phenoxy) is 2. The van der Waals surface area contributed by atoms with Crippen molar-refractivity contribution in [2.75, 3.05) is 39.6 Å². The Bertz CT molecular complexity index is 1190. The molecule has 0 atom stereocenters. The maximum Gasteiger partial charge on any atom is 0.389 e. The minimum Gasteiger partial charge on any atom is -0.491 e. The molecule has 0 saturated carbocycles. The van der Waals surface area contributed by atoms with E-state index in [-0.39, 0.29) is 58.2 Å². The van der Waals surface area contributed by atoms with E-state index in [1.54, 1.807) is 49.4 Å². The lowest BCUT2D eigenvalue weighted by Crippen LogP contribution is -2.06. The fourth-order valence-corrected chi connectivity index (χ4v) is 3.71. The van der Waals surface area contributed by atoms with E-state index < -0.39 is 24.3 Å². The largest absolute Gasteiger partial charge is 0.491 e. The van der Waals surface area contributed by atoms with E-state index in [4.69, 9.17) is 29.6 Å². The second-order valence-corrected chi connectivity index (χ2v) is 9.27. The summed E-state index contributed by atoms with van der Waals surface area (Å²) in [5.41, 5.74) is 1.52. The highest BCUT2D eigenvalue weighted by molar-refractivity contribution is 5.79. The number of rotatable bonds is 15. The molecule has 0 amide bonds. The first-order chi connectivity index (χ1) is 25.1. The summed E-state index contributed by atoms with van der Waals surface area (Å²) in [4.78, 5) is 11.1. The van der Waals surface area contributed by atoms with Crippen molar-refractivity contribution in [1.82, 2.24) is 0 Å². The molecule has 2 rings (SSSR count). The monoisotopic (exact) mass is 750 g/mol. The molecule has 1 aromatic rings. The standard InChI is InChI=1S/C29H33F5O4.C3H5FO.C2H6O.C2H6.C2H4.CH2O/c30-26-15-16-28(38-21-19-36)27(31)10-6-3-5-8-24(22-11-13-23(14-12-22)37-20-18-35)25(26)9-4-1-2-7-17-29(32,33)34;1-2-3-5-4;1-2-3;3*1-2/h3,5-6,8,10-16,35-36H,1-2,4,7,9,17-21H2;2H,1,3H2;3H,2H2,1H3;1-2H3;1-2H2;1H2/b5-3?,6-3+,8-5-,10-6?,16-15?,24-8?,25-24+,26-15-,26-25?,27-10+,28-16+,28-27?;;;;;. The quantitative estimate of drug-likeness (QED) is 0.0931. The first-order valence-corrected chi connectivity index (χ1v) is 16.5. The highest BCUT2D eigenvalue weighted by atomic mass is 19.4. The molecule has 3 N–H and O–H groups in total. The van der Waals surface area contributed by atoms with Crippen LogP contribution in [0, 0.1) is 0 Å². The van der Waals surface area contributed by atoms with Gasteiger partial charge in [-0.25, -0.2) is 8.78 Å². The van der Waals surface area contributed by atoms with Gasteiger partial charge in [0.25, 0.3) is 0 Å². The van der Waals surface area contributed by atoms with Gasteiger partial charge in [0.15, 0.2) is 11.6 Å². The average molecular weight is 751 g/mol. The Kier molecular flexibility index (Phi) is 41.6. The van der Waals surface area contributed by atoms with E-state index in [9.17, 15) is 22.1 Å². The maximum atomic E-state index is 15.6. The van der Waals surface area contributed by atoms with E-state index in [2.05, 4.69) is 24.7 Å². The van der Waals surface area contributed by atoms with E-state index in [0.29, 0.717) is 41.7 Å². The third-order valence-corrected chi connectivity index (χ3v) is 5.65. The molecule has 1 aromatic carbocycles. The van der Waals surface area contributed by atoms with Crippen LogP contribution in [0.1, 0.15) is 64.9 Å². The molecule has 0 aromatic heterocycles. The average Bonchev–Trinajstić information content (AvgIpc) is 3.15. The van der Waals surface area contributed by atoms with Crippen LogP contribution in [-0.4, -0.2) is 67.9 Å². The van der Waals surface area contributed by atoms with Crippen LogP contribution in [0.2, 0.25) is 0 Å². The van der Waals surface area contributed by atoms with E-state index >= 15 is 4.39 Å². The van der Waals surface area contributed by atoms with Crippen molar-refractivity contribution in [2.24, 2.45) is 0 Å². The summed E-state index contributed by atoms with van der Waals surface area (Å²) >= 11 is 0. The highest BCUT2D eigenvalue weighted by Gasteiger charge is 2.25. The Morgan fingerprint density at radius 2 is 1.35 bits per heavy atom. The number of alkyl halides is 3. The lowest BCUT2D eigenvalue weighted by atomic mass is 9.93. The molecule has 0 fully saturated rings. The fraction of sp³-hybridized carbons (Fsp3) is 0.410. The Morgan fingerprint density at radius 1 is 0.788 bits per heavy atom. The van der Waals surface area contributed by atoms with Crippen molar-refractivity contribution in [3.05, 3.63) is 121 Å². The lowest BCUT2D eigenvalue weighted by molar-refractivity contribution is -0.135. The third-order valence-electron chi connectivity index (χ3n) is 5.65. The molecule has 296 valence electrons. The molecule has 7 nitrogen and oxygen atoms in total. The summed E-state index contributed by atoms with van der Waals surface area (Å²) in [6.07, 6.45) is 7.53. The molecule has 0 aliphatic heterocycles. The molecule has 0 heterocycles. The van der Waals surface area contributed by atoms with Gasteiger partial charge in [-0.3, -0.25) is 0 Å². The second-order valence-electron chi connectivity index (χ2n) is 9.27. The van der Waals surface area contributed by atoms with Crippen LogP contribution in [0.15, 0.2) is 116 Å². The number of carbonyl (C=O) groups excluding carboxylic acids is 1. The smallest absolute Gasteiger partial charge is 0.389 e. The van der Waals surface area contributed by atoms with Crippen molar-refractivity contribution in [3.63, 3.8) is 0 Å². The molecule has 52 heavy (non-hydrogen) atoms. The molecule has 0 radical (unpaired) electrons. The van der Waals surface area contributed by atoms with Gasteiger partial charge in [-0.05, 0) is 77.8 Å². The van der Waals surface area contributed by atoms with Crippen molar-refractivity contribution in [3.8, 4) is 5.75 Å². The van der Waals surface area contributed by atoms with Crippen molar-refractivity contribution >= 4 is 12.4 Å². The second kappa shape index (κ2) is 39.6. The van der Waals surface area contributed by atoms with Gasteiger partial charge in [0.05, 0.1) is 13.2 Å². The summed E-state index contributed by atoms with van der Waals surface area (Å²) in [6, 6.07) is 6.85. The van der Waals surface area contributed by atoms with Gasteiger partial charge in [0, 0.05) is 13.0 Å². The molecule has 1 aliphatic carbocycles. The van der Waals surface area contributed by atoms with Crippen LogP contribution in [0.4, 0.5) is 26.5 Å². The SMILES string of the molecule is C=C.C=CCOF.C=O.CC.CCO.OCCOC1=C/C=C(F)/C(CCCCCCC(F)(F)F)=C(c2ccc(OCCO)cc2)\C=C/C=C/C=C\1F. The topological polar surface area (TPSA) is 105 Å². The Labute approximate surface area is 305 Å². The number of benzene rings is 1. The van der Waals surface area contributed by atoms with Crippen LogP contribution >= 0.6 is 0 Å². The number of unbranched alkanes of at least 4 members (excludes halogenated alkanes) is 3. The zero-order chi connectivity index (χ0) is 40.6. The van der Waals surface area contributed by atoms with Crippen LogP contribution in [-0.2, 0) is 14.5 Å². The summed E-state index contributed by atoms with van der Waals surface area (Å²) in [5, 5.41) is 25.5. The summed E-state index contributed by atoms with van der Waals surface area (Å²) in [7, 11) is 0. The fourth-order valence-electron chi connectivity index (χ4n) is 3.71. The van der Waals surface area contributed by atoms with Crippen molar-refractivity contribution in [1.29, 1.82) is 0 Å². The third kappa shape index (κ3) is 30.6. The number of halogens is 6. The predicted octanol–water partition coefficient (Wildman–Crippen LogP) is 10.2. The van der Waals surface area contributed by atoms with Gasteiger partial charge in [-0.15, -0.1) is 19.7 Å². The molecule has 13 heteroatoms. The first kappa shape index (κ1) is 54.6. The molecule has 1 aliphatic rings. The Hall–Kier alpha value is -4.17. The van der Waals surface area contributed by atoms with E-state index in [1.165, 1.54) is 12.2 Å². The van der Waals surface area contributed by atoms with Crippen LogP contribution in [0.3, 0.4) is 0 Å². The Balaban J connectivity index is -0.000000713. The van der Waals surface area contributed by atoms with Gasteiger partial charge < -0.3 is 29.6 Å². The van der Waals surface area contributed by atoms with Crippen molar-refractivity contribution in [2.45, 2.75) is 65.5 Å². The Morgan fingerprint density at radius 3 is 1.85 bits per heavy atom.